The Morgan fingerprint density at radius 1 is 0.875 bits per heavy atom. The van der Waals surface area contributed by atoms with E-state index in [0.717, 1.165) is 16.7 Å². The fourth-order valence-electron chi connectivity index (χ4n) is 3.17. The lowest BCUT2D eigenvalue weighted by molar-refractivity contribution is 1.08. The summed E-state index contributed by atoms with van der Waals surface area (Å²) in [7, 11) is 0. The molecule has 0 atom stereocenters. The standard InChI is InChI=1S/C25H16N6O/c26-14-17-6-4-10-20(12-17)21-11-5-7-18(13-21)16-28-31-25-29-23(19-8-2-1-3-9-19)22(15-27)24(32)30-25/h1-13,16H,(H2,29,30,31,32). The topological polar surface area (TPSA) is 118 Å². The van der Waals surface area contributed by atoms with Crippen LogP contribution in [0.5, 0.6) is 0 Å². The van der Waals surface area contributed by atoms with Crippen LogP contribution < -0.4 is 11.0 Å². The Morgan fingerprint density at radius 3 is 2.34 bits per heavy atom. The average molecular weight is 416 g/mol. The van der Waals surface area contributed by atoms with Crippen LogP contribution in [0.3, 0.4) is 0 Å². The molecule has 7 nitrogen and oxygen atoms in total. The van der Waals surface area contributed by atoms with E-state index in [1.165, 1.54) is 0 Å². The van der Waals surface area contributed by atoms with Gasteiger partial charge in [-0.1, -0.05) is 60.7 Å². The number of H-pyrrole nitrogens is 1. The largest absolute Gasteiger partial charge is 0.290 e. The third-order valence-corrected chi connectivity index (χ3v) is 4.67. The van der Waals surface area contributed by atoms with Crippen molar-refractivity contribution in [2.24, 2.45) is 5.10 Å². The van der Waals surface area contributed by atoms with Crippen LogP contribution in [0.25, 0.3) is 22.4 Å². The van der Waals surface area contributed by atoms with E-state index >= 15 is 0 Å². The lowest BCUT2D eigenvalue weighted by Crippen LogP contribution is -2.16. The molecule has 152 valence electrons. The number of nitrogens with zero attached hydrogens (tertiary/aromatic N) is 4. The van der Waals surface area contributed by atoms with Gasteiger partial charge in [-0.3, -0.25) is 9.78 Å². The summed E-state index contributed by atoms with van der Waals surface area (Å²) >= 11 is 0. The Morgan fingerprint density at radius 2 is 1.59 bits per heavy atom. The maximum Gasteiger partial charge on any atom is 0.270 e. The van der Waals surface area contributed by atoms with Crippen LogP contribution in [0.4, 0.5) is 5.95 Å². The van der Waals surface area contributed by atoms with Gasteiger partial charge in [-0.05, 0) is 34.9 Å². The van der Waals surface area contributed by atoms with Crippen molar-refractivity contribution in [1.29, 1.82) is 10.5 Å². The molecule has 0 aliphatic carbocycles. The van der Waals surface area contributed by atoms with E-state index in [9.17, 15) is 10.1 Å². The zero-order chi connectivity index (χ0) is 22.3. The molecule has 0 radical (unpaired) electrons. The summed E-state index contributed by atoms with van der Waals surface area (Å²) in [5.41, 5.74) is 6.35. The summed E-state index contributed by atoms with van der Waals surface area (Å²) in [6.07, 6.45) is 1.60. The van der Waals surface area contributed by atoms with Gasteiger partial charge in [0, 0.05) is 5.56 Å². The third-order valence-electron chi connectivity index (χ3n) is 4.67. The number of aromatic nitrogens is 2. The van der Waals surface area contributed by atoms with Crippen molar-refractivity contribution < 1.29 is 0 Å². The molecule has 3 aromatic carbocycles. The summed E-state index contributed by atoms with van der Waals surface area (Å²) < 4.78 is 0. The van der Waals surface area contributed by atoms with Crippen molar-refractivity contribution in [2.45, 2.75) is 0 Å². The van der Waals surface area contributed by atoms with Crippen molar-refractivity contribution in [2.75, 3.05) is 5.43 Å². The molecule has 2 N–H and O–H groups in total. The Balaban J connectivity index is 1.59. The molecule has 0 saturated heterocycles. The summed E-state index contributed by atoms with van der Waals surface area (Å²) in [5, 5.41) is 22.6. The van der Waals surface area contributed by atoms with Crippen LogP contribution in [0.2, 0.25) is 0 Å². The molecule has 1 heterocycles. The van der Waals surface area contributed by atoms with E-state index < -0.39 is 5.56 Å². The second kappa shape index (κ2) is 9.21. The molecule has 0 bridgehead atoms. The van der Waals surface area contributed by atoms with Gasteiger partial charge in [-0.2, -0.15) is 15.6 Å². The number of anilines is 1. The van der Waals surface area contributed by atoms with Gasteiger partial charge >= 0.3 is 0 Å². The number of aromatic amines is 1. The van der Waals surface area contributed by atoms with Crippen LogP contribution >= 0.6 is 0 Å². The first-order chi connectivity index (χ1) is 15.7. The van der Waals surface area contributed by atoms with Crippen LogP contribution in [0, 0.1) is 22.7 Å². The molecule has 0 aliphatic rings. The van der Waals surface area contributed by atoms with Crippen LogP contribution in [-0.2, 0) is 0 Å². The Kier molecular flexibility index (Phi) is 5.83. The molecule has 0 unspecified atom stereocenters. The first-order valence-corrected chi connectivity index (χ1v) is 9.67. The van der Waals surface area contributed by atoms with E-state index in [2.05, 4.69) is 26.6 Å². The van der Waals surface area contributed by atoms with Crippen LogP contribution in [0.1, 0.15) is 16.7 Å². The number of benzene rings is 3. The number of hydrogen-bond donors (Lipinski definition) is 2. The molecule has 7 heteroatoms. The van der Waals surface area contributed by atoms with Gasteiger partial charge in [0.2, 0.25) is 5.95 Å². The number of nitrogens with one attached hydrogen (secondary N) is 2. The van der Waals surface area contributed by atoms with Gasteiger partial charge in [-0.25, -0.2) is 10.4 Å². The van der Waals surface area contributed by atoms with E-state index in [1.54, 1.807) is 24.4 Å². The molecular formula is C25H16N6O. The smallest absolute Gasteiger partial charge is 0.270 e. The highest BCUT2D eigenvalue weighted by molar-refractivity contribution is 5.83. The minimum absolute atomic E-state index is 0.0574. The van der Waals surface area contributed by atoms with Crippen molar-refractivity contribution in [3.8, 4) is 34.5 Å². The number of nitriles is 2. The number of hydrazone groups is 1. The molecule has 32 heavy (non-hydrogen) atoms. The Labute approximate surface area is 183 Å². The van der Waals surface area contributed by atoms with E-state index in [1.807, 2.05) is 66.7 Å². The van der Waals surface area contributed by atoms with E-state index in [4.69, 9.17) is 5.26 Å². The SMILES string of the molecule is N#Cc1cccc(-c2cccc(C=NNc3nc(-c4ccccc4)c(C#N)c(=O)[nH]3)c2)c1. The van der Waals surface area contributed by atoms with Gasteiger partial charge in [-0.15, -0.1) is 0 Å². The summed E-state index contributed by atoms with van der Waals surface area (Å²) in [6.45, 7) is 0. The predicted molar refractivity (Wildman–Crippen MR) is 123 cm³/mol. The van der Waals surface area contributed by atoms with Gasteiger partial charge in [0.15, 0.2) is 0 Å². The van der Waals surface area contributed by atoms with E-state index in [-0.39, 0.29) is 17.2 Å². The molecule has 0 fully saturated rings. The van der Waals surface area contributed by atoms with Crippen LogP contribution in [-0.4, -0.2) is 16.2 Å². The second-order valence-corrected chi connectivity index (χ2v) is 6.80. The molecular weight excluding hydrogens is 400 g/mol. The van der Waals surface area contributed by atoms with Crippen molar-refractivity contribution in [3.05, 3.63) is 106 Å². The Bertz CT molecular complexity index is 1440. The predicted octanol–water partition coefficient (Wildman–Crippen LogP) is 4.29. The van der Waals surface area contributed by atoms with Crippen molar-refractivity contribution in [1.82, 2.24) is 9.97 Å². The monoisotopic (exact) mass is 416 g/mol. The minimum Gasteiger partial charge on any atom is -0.290 e. The summed E-state index contributed by atoms with van der Waals surface area (Å²) in [6, 6.07) is 28.1. The zero-order valence-corrected chi connectivity index (χ0v) is 16.8. The molecule has 4 aromatic rings. The normalized spacial score (nSPS) is 10.4. The van der Waals surface area contributed by atoms with Gasteiger partial charge in [0.1, 0.15) is 11.6 Å². The molecule has 0 saturated carbocycles. The zero-order valence-electron chi connectivity index (χ0n) is 16.8. The molecule has 0 amide bonds. The maximum absolute atomic E-state index is 12.3. The number of hydrogen-bond acceptors (Lipinski definition) is 6. The molecule has 0 aliphatic heterocycles. The maximum atomic E-state index is 12.3. The fraction of sp³-hybridized carbons (Fsp3) is 0. The molecule has 4 rings (SSSR count). The third kappa shape index (κ3) is 4.43. The summed E-state index contributed by atoms with van der Waals surface area (Å²) in [4.78, 5) is 19.2. The average Bonchev–Trinajstić information content (AvgIpc) is 2.84. The second-order valence-electron chi connectivity index (χ2n) is 6.80. The first-order valence-electron chi connectivity index (χ1n) is 9.67. The molecule has 1 aromatic heterocycles. The quantitative estimate of drug-likeness (QED) is 0.372. The molecule has 0 spiro atoms. The van der Waals surface area contributed by atoms with E-state index in [0.29, 0.717) is 11.1 Å². The minimum atomic E-state index is -0.543. The van der Waals surface area contributed by atoms with Crippen molar-refractivity contribution >= 4 is 12.2 Å². The van der Waals surface area contributed by atoms with Crippen molar-refractivity contribution in [3.63, 3.8) is 0 Å². The highest BCUT2D eigenvalue weighted by atomic mass is 16.1. The van der Waals surface area contributed by atoms with Gasteiger partial charge in [0.05, 0.1) is 23.5 Å². The van der Waals surface area contributed by atoms with Crippen LogP contribution in [0.15, 0.2) is 88.8 Å². The Hall–Kier alpha value is -5.01. The summed E-state index contributed by atoms with van der Waals surface area (Å²) in [5.74, 6) is 0.127. The fourth-order valence-corrected chi connectivity index (χ4v) is 3.17. The highest BCUT2D eigenvalue weighted by Crippen LogP contribution is 2.21. The lowest BCUT2D eigenvalue weighted by Gasteiger charge is -2.06. The van der Waals surface area contributed by atoms with Gasteiger partial charge < -0.3 is 0 Å². The lowest BCUT2D eigenvalue weighted by atomic mass is 10.0. The van der Waals surface area contributed by atoms with Gasteiger partial charge in [0.25, 0.3) is 5.56 Å². The highest BCUT2D eigenvalue weighted by Gasteiger charge is 2.12. The number of rotatable bonds is 5. The first kappa shape index (κ1) is 20.3.